The summed E-state index contributed by atoms with van der Waals surface area (Å²) in [5, 5.41) is 4.02. The summed E-state index contributed by atoms with van der Waals surface area (Å²) in [7, 11) is 0. The number of halogens is 1. The Balaban J connectivity index is 0.00000280. The van der Waals surface area contributed by atoms with Gasteiger partial charge in [0.2, 0.25) is 17.6 Å². The second kappa shape index (κ2) is 10.4. The lowest BCUT2D eigenvalue weighted by molar-refractivity contribution is -0.132. The highest BCUT2D eigenvalue weighted by Gasteiger charge is 2.24. The van der Waals surface area contributed by atoms with E-state index < -0.39 is 0 Å². The van der Waals surface area contributed by atoms with Crippen molar-refractivity contribution in [3.05, 3.63) is 30.2 Å². The van der Waals surface area contributed by atoms with Crippen molar-refractivity contribution in [2.75, 3.05) is 19.7 Å². The minimum atomic E-state index is 0. The maximum Gasteiger partial charge on any atom is 0.227 e. The summed E-state index contributed by atoms with van der Waals surface area (Å²) in [6.45, 7) is 6.18. The van der Waals surface area contributed by atoms with E-state index in [9.17, 15) is 4.79 Å². The number of amides is 1. The lowest BCUT2D eigenvalue weighted by Gasteiger charge is -2.33. The highest BCUT2D eigenvalue weighted by Crippen LogP contribution is 2.22. The summed E-state index contributed by atoms with van der Waals surface area (Å²) in [4.78, 5) is 18.7. The van der Waals surface area contributed by atoms with E-state index in [1.165, 1.54) is 0 Å². The van der Waals surface area contributed by atoms with Crippen molar-refractivity contribution < 1.29 is 14.1 Å². The van der Waals surface area contributed by atoms with Gasteiger partial charge in [-0.15, -0.1) is 12.4 Å². The fraction of sp³-hybridized carbons (Fsp3) is 0.550. The first kappa shape index (κ1) is 22.2. The largest absolute Gasteiger partial charge is 0.494 e. The number of nitrogens with zero attached hydrogens (tertiary/aromatic N) is 3. The molecule has 0 saturated carbocycles. The van der Waals surface area contributed by atoms with Crippen LogP contribution >= 0.6 is 12.4 Å². The van der Waals surface area contributed by atoms with Crippen LogP contribution in [0.15, 0.2) is 28.8 Å². The van der Waals surface area contributed by atoms with E-state index in [1.54, 1.807) is 0 Å². The van der Waals surface area contributed by atoms with E-state index in [2.05, 4.69) is 10.1 Å². The van der Waals surface area contributed by atoms with Crippen LogP contribution in [-0.4, -0.2) is 46.7 Å². The molecule has 1 aliphatic rings. The van der Waals surface area contributed by atoms with Gasteiger partial charge in [0.05, 0.1) is 6.61 Å². The number of rotatable bonds is 7. The van der Waals surface area contributed by atoms with Crippen LogP contribution in [0.5, 0.6) is 5.75 Å². The van der Waals surface area contributed by atoms with Crippen molar-refractivity contribution in [1.82, 2.24) is 15.0 Å². The molecule has 7 nitrogen and oxygen atoms in total. The van der Waals surface area contributed by atoms with Crippen molar-refractivity contribution >= 4 is 18.3 Å². The molecule has 1 atom stereocenters. The van der Waals surface area contributed by atoms with Crippen LogP contribution in [0.3, 0.4) is 0 Å². The predicted molar refractivity (Wildman–Crippen MR) is 109 cm³/mol. The molecule has 1 aromatic heterocycles. The molecule has 0 spiro atoms. The highest BCUT2D eigenvalue weighted by molar-refractivity contribution is 5.85. The van der Waals surface area contributed by atoms with Crippen molar-refractivity contribution in [3.63, 3.8) is 0 Å². The third kappa shape index (κ3) is 5.69. The molecule has 1 aliphatic heterocycles. The summed E-state index contributed by atoms with van der Waals surface area (Å²) >= 11 is 0. The molecule has 2 heterocycles. The second-order valence-electron chi connectivity index (χ2n) is 7.05. The van der Waals surface area contributed by atoms with Gasteiger partial charge < -0.3 is 19.9 Å². The quantitative estimate of drug-likeness (QED) is 0.756. The normalized spacial score (nSPS) is 15.8. The molecule has 0 bridgehead atoms. The number of likely N-dealkylation sites (tertiary alicyclic amines) is 1. The fourth-order valence-corrected chi connectivity index (χ4v) is 3.39. The first-order valence-corrected chi connectivity index (χ1v) is 9.66. The number of benzene rings is 1. The van der Waals surface area contributed by atoms with Gasteiger partial charge in [-0.2, -0.15) is 4.98 Å². The van der Waals surface area contributed by atoms with Crippen LogP contribution in [-0.2, 0) is 11.2 Å². The predicted octanol–water partition coefficient (Wildman–Crippen LogP) is 3.08. The van der Waals surface area contributed by atoms with Crippen LogP contribution in [0, 0.1) is 5.92 Å². The van der Waals surface area contributed by atoms with E-state index in [4.69, 9.17) is 15.0 Å². The molecule has 2 N–H and O–H groups in total. The van der Waals surface area contributed by atoms with Crippen LogP contribution in [0.25, 0.3) is 11.4 Å². The first-order valence-electron chi connectivity index (χ1n) is 9.66. The number of piperidine rings is 1. The SMILES string of the molecule is CCOc1ccc(-c2noc(CCC(=O)N3CCC(C(C)N)CC3)n2)cc1.Cl. The standard InChI is InChI=1S/C20H28N4O3.ClH/c1-3-26-17-6-4-16(5-7-17)20-22-18(27-23-20)8-9-19(25)24-12-10-15(11-13-24)14(2)21;/h4-7,14-15H,3,8-13,21H2,1-2H3;1H. The van der Waals surface area contributed by atoms with E-state index in [0.29, 0.717) is 37.1 Å². The zero-order chi connectivity index (χ0) is 19.2. The maximum atomic E-state index is 12.4. The molecule has 1 saturated heterocycles. The number of carbonyl (C=O) groups excluding carboxylic acids is 1. The monoisotopic (exact) mass is 408 g/mol. The molecule has 154 valence electrons. The lowest BCUT2D eigenvalue weighted by Crippen LogP contribution is -2.42. The number of nitrogens with two attached hydrogens (primary N) is 1. The highest BCUT2D eigenvalue weighted by atomic mass is 35.5. The Labute approximate surface area is 172 Å². The van der Waals surface area contributed by atoms with Gasteiger partial charge in [-0.3, -0.25) is 4.79 Å². The number of aryl methyl sites for hydroxylation is 1. The maximum absolute atomic E-state index is 12.4. The average Bonchev–Trinajstić information content (AvgIpc) is 3.16. The smallest absolute Gasteiger partial charge is 0.227 e. The molecule has 28 heavy (non-hydrogen) atoms. The Morgan fingerprint density at radius 1 is 1.32 bits per heavy atom. The zero-order valence-corrected chi connectivity index (χ0v) is 17.3. The molecule has 1 aromatic carbocycles. The summed E-state index contributed by atoms with van der Waals surface area (Å²) in [5.41, 5.74) is 6.82. The molecular weight excluding hydrogens is 380 g/mol. The Morgan fingerprint density at radius 2 is 2.00 bits per heavy atom. The minimum absolute atomic E-state index is 0. The lowest BCUT2D eigenvalue weighted by atomic mass is 9.91. The Kier molecular flexibility index (Phi) is 8.26. The molecule has 0 radical (unpaired) electrons. The van der Waals surface area contributed by atoms with Crippen molar-refractivity contribution in [2.45, 2.75) is 45.6 Å². The molecule has 0 aliphatic carbocycles. The molecular formula is C20H29ClN4O3. The van der Waals surface area contributed by atoms with Crippen molar-refractivity contribution in [3.8, 4) is 17.1 Å². The summed E-state index contributed by atoms with van der Waals surface area (Å²) in [6.07, 6.45) is 2.79. The van der Waals surface area contributed by atoms with Gasteiger partial charge in [0, 0.05) is 37.5 Å². The Bertz CT molecular complexity index is 740. The van der Waals surface area contributed by atoms with Gasteiger partial charge in [0.25, 0.3) is 0 Å². The number of hydrogen-bond donors (Lipinski definition) is 1. The van der Waals surface area contributed by atoms with Crippen LogP contribution in [0.2, 0.25) is 0 Å². The van der Waals surface area contributed by atoms with Gasteiger partial charge >= 0.3 is 0 Å². The van der Waals surface area contributed by atoms with Gasteiger partial charge in [-0.1, -0.05) is 5.16 Å². The van der Waals surface area contributed by atoms with Gasteiger partial charge in [0.15, 0.2) is 0 Å². The molecule has 2 aromatic rings. The Morgan fingerprint density at radius 3 is 2.61 bits per heavy atom. The number of aromatic nitrogens is 2. The van der Waals surface area contributed by atoms with Gasteiger partial charge in [-0.05, 0) is 56.9 Å². The third-order valence-electron chi connectivity index (χ3n) is 5.08. The first-order chi connectivity index (χ1) is 13.1. The molecule has 1 fully saturated rings. The summed E-state index contributed by atoms with van der Waals surface area (Å²) in [6, 6.07) is 7.75. The second-order valence-corrected chi connectivity index (χ2v) is 7.05. The van der Waals surface area contributed by atoms with E-state index in [-0.39, 0.29) is 24.4 Å². The van der Waals surface area contributed by atoms with E-state index >= 15 is 0 Å². The van der Waals surface area contributed by atoms with E-state index in [0.717, 1.165) is 37.2 Å². The zero-order valence-electron chi connectivity index (χ0n) is 16.5. The summed E-state index contributed by atoms with van der Waals surface area (Å²) < 4.78 is 10.7. The fourth-order valence-electron chi connectivity index (χ4n) is 3.39. The molecule has 8 heteroatoms. The van der Waals surface area contributed by atoms with Gasteiger partial charge in [0.1, 0.15) is 5.75 Å². The third-order valence-corrected chi connectivity index (χ3v) is 5.08. The molecule has 1 unspecified atom stereocenters. The topological polar surface area (TPSA) is 94.5 Å². The Hall–Kier alpha value is -2.12. The molecule has 3 rings (SSSR count). The van der Waals surface area contributed by atoms with Crippen molar-refractivity contribution in [1.29, 1.82) is 0 Å². The average molecular weight is 409 g/mol. The van der Waals surface area contributed by atoms with Crippen molar-refractivity contribution in [2.24, 2.45) is 11.7 Å². The number of carbonyl (C=O) groups is 1. The summed E-state index contributed by atoms with van der Waals surface area (Å²) in [5.74, 6) is 2.47. The van der Waals surface area contributed by atoms with Crippen LogP contribution < -0.4 is 10.5 Å². The molecule has 1 amide bonds. The van der Waals surface area contributed by atoms with Crippen LogP contribution in [0.4, 0.5) is 0 Å². The van der Waals surface area contributed by atoms with Gasteiger partial charge in [-0.25, -0.2) is 0 Å². The number of hydrogen-bond acceptors (Lipinski definition) is 6. The number of ether oxygens (including phenoxy) is 1. The van der Waals surface area contributed by atoms with E-state index in [1.807, 2.05) is 43.0 Å². The minimum Gasteiger partial charge on any atom is -0.494 e. The van der Waals surface area contributed by atoms with Crippen LogP contribution in [0.1, 0.15) is 39.0 Å².